The van der Waals surface area contributed by atoms with Crippen molar-refractivity contribution >= 4 is 143 Å². The fraction of sp³-hybridized carbons (Fsp3) is 0. The molecule has 0 aliphatic carbocycles. The quantitative estimate of drug-likeness (QED) is 0.127. The molecule has 0 heterocycles. The van der Waals surface area contributed by atoms with Gasteiger partial charge in [0, 0.05) is 5.02 Å². The zero-order chi connectivity index (χ0) is 22.0. The molecular formula is C12H4Cl12N3Sb. The van der Waals surface area contributed by atoms with Crippen molar-refractivity contribution in [2.24, 2.45) is 10.2 Å². The van der Waals surface area contributed by atoms with Crippen molar-refractivity contribution in [3.05, 3.63) is 54.4 Å². The molecule has 0 saturated heterocycles. The molecule has 0 aliphatic heterocycles. The van der Waals surface area contributed by atoms with Crippen LogP contribution in [0, 0.1) is 0 Å². The summed E-state index contributed by atoms with van der Waals surface area (Å²) in [6.45, 7) is 0. The van der Waals surface area contributed by atoms with Crippen molar-refractivity contribution in [2.75, 3.05) is 0 Å². The number of hydrogen-bond acceptors (Lipinski definition) is 2. The van der Waals surface area contributed by atoms with E-state index >= 15 is 0 Å². The summed E-state index contributed by atoms with van der Waals surface area (Å²) in [6, 6.07) is 5.92. The molecule has 0 unspecified atom stereocenters. The second-order valence-corrected chi connectivity index (χ2v) is 64.1. The van der Waals surface area contributed by atoms with Gasteiger partial charge in [-0.1, -0.05) is 69.6 Å². The first-order valence-corrected chi connectivity index (χ1v) is 28.0. The van der Waals surface area contributed by atoms with Gasteiger partial charge in [0.2, 0.25) is 4.91 Å². The van der Waals surface area contributed by atoms with Crippen LogP contribution in [0.5, 0.6) is 0 Å². The van der Waals surface area contributed by atoms with Gasteiger partial charge in [-0.15, -0.1) is 0 Å². The number of nitrogens with zero attached hydrogens (tertiary/aromatic N) is 3. The fourth-order valence-electron chi connectivity index (χ4n) is 1.33. The van der Waals surface area contributed by atoms with Crippen molar-refractivity contribution < 1.29 is 0 Å². The van der Waals surface area contributed by atoms with Crippen molar-refractivity contribution in [1.82, 2.24) is 4.91 Å². The van der Waals surface area contributed by atoms with Crippen LogP contribution in [0.15, 0.2) is 34.5 Å². The van der Waals surface area contributed by atoms with Gasteiger partial charge in [0.1, 0.15) is 0 Å². The molecule has 0 atom stereocenters. The second kappa shape index (κ2) is 9.90. The van der Waals surface area contributed by atoms with Gasteiger partial charge in [0.05, 0.1) is 25.1 Å². The van der Waals surface area contributed by atoms with Crippen molar-refractivity contribution in [3.63, 3.8) is 0 Å². The Morgan fingerprint density at radius 3 is 1.46 bits per heavy atom. The molecule has 3 nitrogen and oxygen atoms in total. The Bertz CT molecular complexity index is 930. The van der Waals surface area contributed by atoms with Gasteiger partial charge in [-0.3, -0.25) is 0 Å². The van der Waals surface area contributed by atoms with E-state index in [1.807, 2.05) is 0 Å². The van der Waals surface area contributed by atoms with E-state index in [0.717, 1.165) is 0 Å². The van der Waals surface area contributed by atoms with Gasteiger partial charge in [-0.25, -0.2) is 0 Å². The van der Waals surface area contributed by atoms with E-state index in [9.17, 15) is 0 Å². The molecule has 16 heteroatoms. The summed E-state index contributed by atoms with van der Waals surface area (Å²) in [5.74, 6) is 0. The molecule has 2 aromatic carbocycles. The van der Waals surface area contributed by atoms with Crippen molar-refractivity contribution in [3.8, 4) is 0 Å². The van der Waals surface area contributed by atoms with Crippen LogP contribution in [0.3, 0.4) is 0 Å². The Hall–Kier alpha value is 2.05. The van der Waals surface area contributed by atoms with Crippen LogP contribution in [0.25, 0.3) is 0 Å². The van der Waals surface area contributed by atoms with Gasteiger partial charge >= 0.3 is 62.1 Å². The Balaban J connectivity index is 0.000000480. The normalized spacial score (nSPS) is 13.4. The van der Waals surface area contributed by atoms with Gasteiger partial charge in [0.15, 0.2) is 21.6 Å². The van der Waals surface area contributed by atoms with Crippen LogP contribution in [0.2, 0.25) is 30.1 Å². The Labute approximate surface area is 209 Å². The first kappa shape index (κ1) is 28.1. The molecule has 0 aromatic heterocycles. The maximum atomic E-state index is 5.96. The van der Waals surface area contributed by atoms with E-state index < -0.39 is 9.14 Å². The molecule has 0 aliphatic rings. The number of hydrogen-bond donors (Lipinski definition) is 0. The van der Waals surface area contributed by atoms with Gasteiger partial charge in [0.25, 0.3) is 0 Å². The van der Waals surface area contributed by atoms with E-state index in [1.54, 1.807) is 0 Å². The number of halogens is 12. The molecule has 0 saturated carbocycles. The average molecular weight is 737 g/mol. The minimum atomic E-state index is -5.42. The van der Waals surface area contributed by atoms with Crippen molar-refractivity contribution in [2.45, 2.75) is 0 Å². The van der Waals surface area contributed by atoms with Gasteiger partial charge in [-0.05, 0) is 24.3 Å². The first-order chi connectivity index (χ1) is 12.3. The summed E-state index contributed by atoms with van der Waals surface area (Å²) in [5, 5.41) is 9.50. The van der Waals surface area contributed by atoms with Gasteiger partial charge in [-0.2, -0.15) is 0 Å². The second-order valence-electron chi connectivity index (χ2n) is 4.68. The Morgan fingerprint density at radius 1 is 0.571 bits per heavy atom. The zero-order valence-electron chi connectivity index (χ0n) is 12.6. The minimum absolute atomic E-state index is 0.252. The molecule has 0 spiro atoms. The van der Waals surface area contributed by atoms with Crippen molar-refractivity contribution in [1.29, 1.82) is 0 Å². The monoisotopic (exact) mass is 731 g/mol. The van der Waals surface area contributed by atoms with E-state index in [4.69, 9.17) is 123 Å². The third-order valence-corrected chi connectivity index (χ3v) is 4.09. The Morgan fingerprint density at radius 2 is 1.00 bits per heavy atom. The van der Waals surface area contributed by atoms with Crippen LogP contribution in [-0.2, 0) is 0 Å². The summed E-state index contributed by atoms with van der Waals surface area (Å²) < 4.78 is 0. The fourth-order valence-corrected chi connectivity index (χ4v) is 2.81. The summed E-state index contributed by atoms with van der Waals surface area (Å²) >= 11 is 35.4. The molecule has 156 valence electrons. The predicted octanol–water partition coefficient (Wildman–Crippen LogP) is 11.3. The maximum absolute atomic E-state index is 5.96. The van der Waals surface area contributed by atoms with Crippen LogP contribution in [0.1, 0.15) is 0 Å². The molecular weight excluding hydrogens is 733 g/mol. The topological polar surface area (TPSA) is 38.8 Å². The number of rotatable bonds is 2. The van der Waals surface area contributed by atoms with E-state index in [-0.39, 0.29) is 20.8 Å². The molecule has 0 radical (unpaired) electrons. The van der Waals surface area contributed by atoms with Crippen LogP contribution in [-0.4, -0.2) is 9.14 Å². The molecule has 0 fully saturated rings. The van der Waals surface area contributed by atoms with Crippen LogP contribution < -0.4 is 4.91 Å². The molecule has 2 aromatic rings. The third kappa shape index (κ3) is 12.8. The first-order valence-electron chi connectivity index (χ1n) is 6.30. The van der Waals surface area contributed by atoms with Crippen LogP contribution >= 0.6 is 123 Å². The molecule has 28 heavy (non-hydrogen) atoms. The van der Waals surface area contributed by atoms with E-state index in [0.29, 0.717) is 20.8 Å². The summed E-state index contributed by atoms with van der Waals surface area (Å²) in [7, 11) is 25.0. The Kier molecular flexibility index (Phi) is 9.93. The third-order valence-electron chi connectivity index (χ3n) is 2.27. The van der Waals surface area contributed by atoms with E-state index in [1.165, 1.54) is 24.3 Å². The van der Waals surface area contributed by atoms with Gasteiger partial charge < -0.3 is 0 Å². The molecule has 0 amide bonds. The van der Waals surface area contributed by atoms with E-state index in [2.05, 4.69) is 15.1 Å². The molecule has 2 rings (SSSR count). The molecule has 0 N–H and O–H groups in total. The average Bonchev–Trinajstić information content (AvgIpc) is 2.43. The number of benzene rings is 2. The standard InChI is InChI=1S/C12H4Cl6N3.6ClH.Sb/c13-5-1-9(17)12(10(18)2-5)20-21-19-11-4-7(15)6(14)3-8(11)16;;;;;;;/h1-4H;6*1H;/q+1;;;;;;;+5/p-6. The summed E-state index contributed by atoms with van der Waals surface area (Å²) in [5.41, 5.74) is 0.568. The summed E-state index contributed by atoms with van der Waals surface area (Å²) in [4.78, 5) is 3.65. The molecule has 0 bridgehead atoms. The summed E-state index contributed by atoms with van der Waals surface area (Å²) in [6.07, 6.45) is 0. The van der Waals surface area contributed by atoms with Crippen LogP contribution in [0.4, 0.5) is 11.4 Å². The zero-order valence-corrected chi connectivity index (χ0v) is 24.3. The predicted molar refractivity (Wildman–Crippen MR) is 130 cm³/mol. The SMILES string of the molecule is Clc1cc(Cl)c(N=[N+]=Nc2cc(Cl)c(Cl)cc2Cl)c(Cl)c1.[Cl][Sb-]([Cl])([Cl])([Cl])([Cl])[Cl].